The van der Waals surface area contributed by atoms with Gasteiger partial charge in [-0.2, -0.15) is 0 Å². The van der Waals surface area contributed by atoms with E-state index in [0.29, 0.717) is 12.8 Å². The van der Waals surface area contributed by atoms with Gasteiger partial charge in [-0.15, -0.1) is 0 Å². The highest BCUT2D eigenvalue weighted by Gasteiger charge is 2.44. The van der Waals surface area contributed by atoms with Crippen LogP contribution in [0.4, 0.5) is 0 Å². The molecule has 7 N–H and O–H groups in total. The SMILES string of the molecule is CCCCCCCCCCCCCC[C@@H](O)[C@@H](O)[C@H](CO[C@H]1O[C@H](CO)[C@H](O)[C@H](O)[C@H]1O)NC(=O)CCCCCCCCCCc1ccc(Oc2ccccc2)cc1. The number of aliphatic hydroxyl groups excluding tert-OH is 6. The first kappa shape index (κ1) is 49.8. The number of unbranched alkanes of at least 4 members (excludes halogenated alkanes) is 18. The molecule has 0 aliphatic carbocycles. The van der Waals surface area contributed by atoms with Crippen LogP contribution in [0, 0.1) is 0 Å². The minimum atomic E-state index is -1.62. The Morgan fingerprint density at radius 3 is 1.79 bits per heavy atom. The predicted molar refractivity (Wildman–Crippen MR) is 228 cm³/mol. The molecule has 0 radical (unpaired) electrons. The van der Waals surface area contributed by atoms with Crippen molar-refractivity contribution in [2.45, 2.75) is 204 Å². The van der Waals surface area contributed by atoms with Crippen molar-refractivity contribution in [2.24, 2.45) is 0 Å². The van der Waals surface area contributed by atoms with Crippen LogP contribution in [0.1, 0.15) is 154 Å². The van der Waals surface area contributed by atoms with E-state index in [2.05, 4.69) is 24.4 Å². The smallest absolute Gasteiger partial charge is 0.220 e. The van der Waals surface area contributed by atoms with E-state index in [9.17, 15) is 35.4 Å². The first-order valence-electron chi connectivity index (χ1n) is 22.6. The normalized spacial score (nSPS) is 21.1. The third-order valence-electron chi connectivity index (χ3n) is 11.3. The molecular weight excluding hydrogens is 739 g/mol. The average Bonchev–Trinajstić information content (AvgIpc) is 3.23. The lowest BCUT2D eigenvalue weighted by molar-refractivity contribution is -0.303. The van der Waals surface area contributed by atoms with E-state index in [-0.39, 0.29) is 18.9 Å². The van der Waals surface area contributed by atoms with Crippen LogP contribution < -0.4 is 10.1 Å². The maximum absolute atomic E-state index is 13.0. The van der Waals surface area contributed by atoms with E-state index < -0.39 is 55.6 Å². The molecule has 1 aliphatic rings. The Balaban J connectivity index is 1.32. The number of carbonyl (C=O) groups excluding carboxylic acids is 1. The summed E-state index contributed by atoms with van der Waals surface area (Å²) in [6.07, 6.45) is 14.5. The van der Waals surface area contributed by atoms with Crippen molar-refractivity contribution in [3.63, 3.8) is 0 Å². The van der Waals surface area contributed by atoms with Crippen molar-refractivity contribution in [3.05, 3.63) is 60.2 Å². The Bertz CT molecular complexity index is 1300. The van der Waals surface area contributed by atoms with E-state index in [4.69, 9.17) is 14.2 Å². The lowest BCUT2D eigenvalue weighted by Crippen LogP contribution is -2.60. The predicted octanol–water partition coefficient (Wildman–Crippen LogP) is 7.65. The zero-order valence-corrected chi connectivity index (χ0v) is 35.3. The second kappa shape index (κ2) is 30.4. The van der Waals surface area contributed by atoms with E-state index in [1.165, 1.54) is 69.8 Å². The molecule has 1 fully saturated rings. The summed E-state index contributed by atoms with van der Waals surface area (Å²) < 4.78 is 17.0. The van der Waals surface area contributed by atoms with Crippen LogP contribution in [-0.2, 0) is 20.7 Å². The van der Waals surface area contributed by atoms with Crippen LogP contribution in [0.3, 0.4) is 0 Å². The van der Waals surface area contributed by atoms with Gasteiger partial charge in [0.1, 0.15) is 42.0 Å². The average molecular weight is 816 g/mol. The molecule has 1 saturated heterocycles. The summed E-state index contributed by atoms with van der Waals surface area (Å²) in [4.78, 5) is 13.0. The number of hydrogen-bond acceptors (Lipinski definition) is 10. The maximum Gasteiger partial charge on any atom is 0.220 e. The minimum absolute atomic E-state index is 0.257. The molecule has 1 amide bonds. The molecule has 330 valence electrons. The molecule has 3 rings (SSSR count). The number of ether oxygens (including phenoxy) is 3. The van der Waals surface area contributed by atoms with Crippen molar-refractivity contribution >= 4 is 5.91 Å². The Morgan fingerprint density at radius 2 is 1.21 bits per heavy atom. The summed E-state index contributed by atoms with van der Waals surface area (Å²) in [5.74, 6) is 1.39. The Morgan fingerprint density at radius 1 is 0.672 bits per heavy atom. The third kappa shape index (κ3) is 20.1. The summed E-state index contributed by atoms with van der Waals surface area (Å²) in [7, 11) is 0. The first-order chi connectivity index (χ1) is 28.2. The monoisotopic (exact) mass is 816 g/mol. The lowest BCUT2D eigenvalue weighted by Gasteiger charge is -2.40. The zero-order chi connectivity index (χ0) is 41.8. The topological polar surface area (TPSA) is 178 Å². The van der Waals surface area contributed by atoms with Gasteiger partial charge in [0.05, 0.1) is 25.4 Å². The van der Waals surface area contributed by atoms with E-state index in [0.717, 1.165) is 75.7 Å². The van der Waals surface area contributed by atoms with Crippen molar-refractivity contribution in [1.29, 1.82) is 0 Å². The molecule has 2 aromatic carbocycles. The van der Waals surface area contributed by atoms with Gasteiger partial charge in [-0.05, 0) is 55.5 Å². The van der Waals surface area contributed by atoms with Crippen molar-refractivity contribution in [2.75, 3.05) is 13.2 Å². The highest BCUT2D eigenvalue weighted by atomic mass is 16.7. The molecule has 0 saturated carbocycles. The van der Waals surface area contributed by atoms with Gasteiger partial charge >= 0.3 is 0 Å². The number of hydrogen-bond donors (Lipinski definition) is 7. The fraction of sp³-hybridized carbons (Fsp3) is 0.723. The third-order valence-corrected chi connectivity index (χ3v) is 11.3. The molecule has 0 spiro atoms. The highest BCUT2D eigenvalue weighted by Crippen LogP contribution is 2.24. The van der Waals surface area contributed by atoms with Gasteiger partial charge in [-0.3, -0.25) is 4.79 Å². The van der Waals surface area contributed by atoms with Crippen LogP contribution in [0.25, 0.3) is 0 Å². The molecule has 58 heavy (non-hydrogen) atoms. The number of para-hydroxylation sites is 1. The number of benzene rings is 2. The van der Waals surface area contributed by atoms with Crippen molar-refractivity contribution in [3.8, 4) is 11.5 Å². The summed E-state index contributed by atoms with van der Waals surface area (Å²) in [6.45, 7) is 1.31. The fourth-order valence-corrected chi connectivity index (χ4v) is 7.57. The van der Waals surface area contributed by atoms with Crippen LogP contribution >= 0.6 is 0 Å². The molecular formula is C47H77NO10. The Labute approximate surface area is 348 Å². The quantitative estimate of drug-likeness (QED) is 0.0354. The van der Waals surface area contributed by atoms with Crippen LogP contribution in [0.2, 0.25) is 0 Å². The highest BCUT2D eigenvalue weighted by molar-refractivity contribution is 5.76. The van der Waals surface area contributed by atoms with Crippen molar-refractivity contribution in [1.82, 2.24) is 5.32 Å². The molecule has 1 heterocycles. The van der Waals surface area contributed by atoms with Gasteiger partial charge in [0, 0.05) is 6.42 Å². The van der Waals surface area contributed by atoms with Crippen LogP contribution in [-0.4, -0.2) is 98.7 Å². The van der Waals surface area contributed by atoms with Crippen LogP contribution in [0.15, 0.2) is 54.6 Å². The molecule has 0 unspecified atom stereocenters. The van der Waals surface area contributed by atoms with E-state index >= 15 is 0 Å². The van der Waals surface area contributed by atoms with Gasteiger partial charge in [0.2, 0.25) is 5.91 Å². The minimum Gasteiger partial charge on any atom is -0.457 e. The number of aliphatic hydroxyl groups is 6. The molecule has 8 atom stereocenters. The lowest BCUT2D eigenvalue weighted by atomic mass is 9.98. The Hall–Kier alpha value is -2.61. The second-order valence-electron chi connectivity index (χ2n) is 16.3. The van der Waals surface area contributed by atoms with Crippen molar-refractivity contribution < 1.29 is 49.6 Å². The van der Waals surface area contributed by atoms with Gasteiger partial charge in [-0.25, -0.2) is 0 Å². The van der Waals surface area contributed by atoms with E-state index in [1.54, 1.807) is 0 Å². The standard InChI is InChI=1S/C47H77NO10/c1-2-3-4-5-6-7-8-9-10-14-17-23-28-40(50)43(52)39(35-56-47-46(55)45(54)44(53)41(34-49)58-47)48-42(51)29-24-18-15-12-11-13-16-20-25-36-30-32-38(33-31-36)57-37-26-21-19-22-27-37/h19,21-22,26-27,30-33,39-41,43-47,49-50,52-55H,2-18,20,23-25,28-29,34-35H2,1H3,(H,48,51)/t39-,40+,41+,43-,44-,45-,46+,47-/m0/s1. The van der Waals surface area contributed by atoms with Gasteiger partial charge in [-0.1, -0.05) is 153 Å². The molecule has 11 heteroatoms. The number of rotatable bonds is 33. The number of nitrogens with one attached hydrogen (secondary N) is 1. The Kier molecular flexibility index (Phi) is 26.1. The number of carbonyl (C=O) groups is 1. The maximum atomic E-state index is 13.0. The number of amides is 1. The zero-order valence-electron chi connectivity index (χ0n) is 35.3. The number of aryl methyl sites for hydroxylation is 1. The summed E-state index contributed by atoms with van der Waals surface area (Å²) in [6, 6.07) is 17.1. The molecule has 1 aliphatic heterocycles. The van der Waals surface area contributed by atoms with Crippen LogP contribution in [0.5, 0.6) is 11.5 Å². The van der Waals surface area contributed by atoms with E-state index in [1.807, 2.05) is 42.5 Å². The van der Waals surface area contributed by atoms with Gasteiger partial charge < -0.3 is 50.2 Å². The fourth-order valence-electron chi connectivity index (χ4n) is 7.57. The molecule has 0 aromatic heterocycles. The summed E-state index contributed by atoms with van der Waals surface area (Å²) in [5, 5.41) is 65.2. The van der Waals surface area contributed by atoms with Gasteiger partial charge in [0.25, 0.3) is 0 Å². The van der Waals surface area contributed by atoms with Gasteiger partial charge in [0.15, 0.2) is 6.29 Å². The second-order valence-corrected chi connectivity index (χ2v) is 16.3. The largest absolute Gasteiger partial charge is 0.457 e. The molecule has 11 nitrogen and oxygen atoms in total. The first-order valence-corrected chi connectivity index (χ1v) is 22.6. The molecule has 2 aromatic rings. The summed E-state index contributed by atoms with van der Waals surface area (Å²) >= 11 is 0. The summed E-state index contributed by atoms with van der Waals surface area (Å²) in [5.41, 5.74) is 1.31. The molecule has 0 bridgehead atoms.